The molecule has 0 aliphatic rings. The van der Waals surface area contributed by atoms with Gasteiger partial charge in [0, 0.05) is 13.2 Å². The lowest BCUT2D eigenvalue weighted by atomic mass is 10.6. The molecule has 0 saturated heterocycles. The molecule has 0 fully saturated rings. The molecule has 0 bridgehead atoms. The molecule has 0 aromatic carbocycles. The molecule has 0 unspecified atom stereocenters. The zero-order chi connectivity index (χ0) is 10.0. The van der Waals surface area contributed by atoms with Crippen LogP contribution in [0.2, 0.25) is 0 Å². The standard InChI is InChI=1S/C7H6BrN3O2/c1-10-4-5(8)6(12)11(3-2-9)7(10)13/h4H,3H2,1H3. The molecule has 1 aromatic rings. The molecule has 0 amide bonds. The van der Waals surface area contributed by atoms with E-state index in [1.54, 1.807) is 6.07 Å². The Morgan fingerprint density at radius 2 is 2.23 bits per heavy atom. The predicted octanol–water partition coefficient (Wildman–Crippen LogP) is -0.167. The van der Waals surface area contributed by atoms with Gasteiger partial charge >= 0.3 is 5.69 Å². The summed E-state index contributed by atoms with van der Waals surface area (Å²) < 4.78 is 2.37. The fourth-order valence-electron chi connectivity index (χ4n) is 0.897. The van der Waals surface area contributed by atoms with E-state index in [2.05, 4.69) is 15.9 Å². The number of rotatable bonds is 1. The number of hydrogen-bond donors (Lipinski definition) is 0. The molecule has 0 radical (unpaired) electrons. The van der Waals surface area contributed by atoms with Gasteiger partial charge in [-0.2, -0.15) is 5.26 Å². The van der Waals surface area contributed by atoms with Crippen molar-refractivity contribution in [2.75, 3.05) is 0 Å². The average Bonchev–Trinajstić information content (AvgIpc) is 2.09. The minimum absolute atomic E-state index is 0.231. The van der Waals surface area contributed by atoms with E-state index in [1.165, 1.54) is 17.8 Å². The second-order valence-corrected chi connectivity index (χ2v) is 3.27. The van der Waals surface area contributed by atoms with Crippen molar-refractivity contribution in [3.05, 3.63) is 31.5 Å². The molecule has 0 aliphatic heterocycles. The van der Waals surface area contributed by atoms with Crippen LogP contribution in [0.25, 0.3) is 0 Å². The van der Waals surface area contributed by atoms with Gasteiger partial charge in [0.15, 0.2) is 0 Å². The lowest BCUT2D eigenvalue weighted by molar-refractivity contribution is 0.648. The topological polar surface area (TPSA) is 67.8 Å². The fourth-order valence-corrected chi connectivity index (χ4v) is 1.42. The van der Waals surface area contributed by atoms with E-state index in [4.69, 9.17) is 5.26 Å². The van der Waals surface area contributed by atoms with Crippen LogP contribution >= 0.6 is 15.9 Å². The highest BCUT2D eigenvalue weighted by molar-refractivity contribution is 9.10. The van der Waals surface area contributed by atoms with Crippen molar-refractivity contribution in [2.24, 2.45) is 7.05 Å². The van der Waals surface area contributed by atoms with Crippen LogP contribution in [0.5, 0.6) is 0 Å². The van der Waals surface area contributed by atoms with E-state index in [0.29, 0.717) is 0 Å². The maximum absolute atomic E-state index is 11.3. The first-order valence-corrected chi connectivity index (χ1v) is 4.20. The van der Waals surface area contributed by atoms with Crippen molar-refractivity contribution in [3.8, 4) is 6.07 Å². The van der Waals surface area contributed by atoms with E-state index in [-0.39, 0.29) is 11.0 Å². The molecule has 6 heteroatoms. The Bertz CT molecular complexity index is 446. The van der Waals surface area contributed by atoms with E-state index in [0.717, 1.165) is 4.57 Å². The number of hydrogen-bond acceptors (Lipinski definition) is 3. The van der Waals surface area contributed by atoms with Crippen LogP contribution in [-0.4, -0.2) is 9.13 Å². The zero-order valence-electron chi connectivity index (χ0n) is 6.82. The van der Waals surface area contributed by atoms with Crippen LogP contribution in [0.3, 0.4) is 0 Å². The Balaban J connectivity index is 3.59. The highest BCUT2D eigenvalue weighted by Gasteiger charge is 2.06. The third-order valence-corrected chi connectivity index (χ3v) is 2.06. The maximum atomic E-state index is 11.3. The van der Waals surface area contributed by atoms with E-state index in [9.17, 15) is 9.59 Å². The highest BCUT2D eigenvalue weighted by Crippen LogP contribution is 1.97. The van der Waals surface area contributed by atoms with Crippen LogP contribution in [0, 0.1) is 11.3 Å². The number of nitriles is 1. The number of halogens is 1. The van der Waals surface area contributed by atoms with Crippen LogP contribution in [0.4, 0.5) is 0 Å². The molecule has 1 aromatic heterocycles. The van der Waals surface area contributed by atoms with Gasteiger partial charge in [0.05, 0.1) is 10.5 Å². The number of aryl methyl sites for hydroxylation is 1. The first-order valence-electron chi connectivity index (χ1n) is 3.41. The maximum Gasteiger partial charge on any atom is 0.331 e. The fraction of sp³-hybridized carbons (Fsp3) is 0.286. The predicted molar refractivity (Wildman–Crippen MR) is 49.3 cm³/mol. The molecule has 1 rings (SSSR count). The van der Waals surface area contributed by atoms with Crippen LogP contribution < -0.4 is 11.2 Å². The van der Waals surface area contributed by atoms with Gasteiger partial charge in [0.2, 0.25) is 0 Å². The van der Waals surface area contributed by atoms with Gasteiger partial charge in [-0.15, -0.1) is 0 Å². The Labute approximate surface area is 82.0 Å². The first kappa shape index (κ1) is 9.74. The SMILES string of the molecule is Cn1cc(Br)c(=O)n(CC#N)c1=O. The highest BCUT2D eigenvalue weighted by atomic mass is 79.9. The van der Waals surface area contributed by atoms with Crippen LogP contribution in [0.15, 0.2) is 20.3 Å². The van der Waals surface area contributed by atoms with Crippen molar-refractivity contribution < 1.29 is 0 Å². The molecule has 0 atom stereocenters. The van der Waals surface area contributed by atoms with Gasteiger partial charge in [-0.3, -0.25) is 4.79 Å². The number of aromatic nitrogens is 2. The average molecular weight is 244 g/mol. The van der Waals surface area contributed by atoms with Crippen molar-refractivity contribution in [1.82, 2.24) is 9.13 Å². The van der Waals surface area contributed by atoms with E-state index in [1.807, 2.05) is 0 Å². The van der Waals surface area contributed by atoms with Gasteiger partial charge in [-0.05, 0) is 15.9 Å². The van der Waals surface area contributed by atoms with Gasteiger partial charge in [-0.25, -0.2) is 9.36 Å². The van der Waals surface area contributed by atoms with E-state index < -0.39 is 11.2 Å². The smallest absolute Gasteiger partial charge is 0.302 e. The van der Waals surface area contributed by atoms with Gasteiger partial charge in [0.1, 0.15) is 6.54 Å². The summed E-state index contributed by atoms with van der Waals surface area (Å²) >= 11 is 3.00. The summed E-state index contributed by atoms with van der Waals surface area (Å²) in [4.78, 5) is 22.6. The molecule has 68 valence electrons. The Kier molecular flexibility index (Phi) is 2.68. The second-order valence-electron chi connectivity index (χ2n) is 2.42. The summed E-state index contributed by atoms with van der Waals surface area (Å²) in [7, 11) is 1.51. The molecule has 0 aliphatic carbocycles. The molecular formula is C7H6BrN3O2. The molecule has 1 heterocycles. The monoisotopic (exact) mass is 243 g/mol. The first-order chi connectivity index (χ1) is 6.07. The molecule has 0 saturated carbocycles. The van der Waals surface area contributed by atoms with Crippen LogP contribution in [-0.2, 0) is 13.6 Å². The molecule has 0 N–H and O–H groups in total. The minimum Gasteiger partial charge on any atom is -0.302 e. The summed E-state index contributed by atoms with van der Waals surface area (Å²) in [5.41, 5.74) is -0.973. The lowest BCUT2D eigenvalue weighted by Gasteiger charge is -2.02. The van der Waals surface area contributed by atoms with Crippen molar-refractivity contribution in [3.63, 3.8) is 0 Å². The quantitative estimate of drug-likeness (QED) is 0.688. The summed E-state index contributed by atoms with van der Waals surface area (Å²) in [5, 5.41) is 8.38. The van der Waals surface area contributed by atoms with Gasteiger partial charge in [-0.1, -0.05) is 0 Å². The van der Waals surface area contributed by atoms with Crippen molar-refractivity contribution in [1.29, 1.82) is 5.26 Å². The second kappa shape index (κ2) is 3.58. The third-order valence-electron chi connectivity index (χ3n) is 1.52. The summed E-state index contributed by atoms with van der Waals surface area (Å²) in [6.45, 7) is -0.231. The van der Waals surface area contributed by atoms with Gasteiger partial charge < -0.3 is 4.57 Å². The Morgan fingerprint density at radius 1 is 1.62 bits per heavy atom. The van der Waals surface area contributed by atoms with Crippen molar-refractivity contribution in [2.45, 2.75) is 6.54 Å². The summed E-state index contributed by atoms with van der Waals surface area (Å²) in [6.07, 6.45) is 1.37. The Morgan fingerprint density at radius 3 is 2.77 bits per heavy atom. The molecule has 5 nitrogen and oxygen atoms in total. The molecule has 13 heavy (non-hydrogen) atoms. The van der Waals surface area contributed by atoms with E-state index >= 15 is 0 Å². The largest absolute Gasteiger partial charge is 0.331 e. The normalized spacial score (nSPS) is 9.62. The zero-order valence-corrected chi connectivity index (χ0v) is 8.41. The molecular weight excluding hydrogens is 238 g/mol. The van der Waals surface area contributed by atoms with Gasteiger partial charge in [0.25, 0.3) is 5.56 Å². The minimum atomic E-state index is -0.491. The van der Waals surface area contributed by atoms with Crippen LogP contribution in [0.1, 0.15) is 0 Å². The molecule has 0 spiro atoms. The summed E-state index contributed by atoms with van der Waals surface area (Å²) in [6, 6.07) is 1.75. The summed E-state index contributed by atoms with van der Waals surface area (Å²) in [5.74, 6) is 0. The Hall–Kier alpha value is -1.35. The van der Waals surface area contributed by atoms with Crippen molar-refractivity contribution >= 4 is 15.9 Å². The third kappa shape index (κ3) is 1.70. The lowest BCUT2D eigenvalue weighted by Crippen LogP contribution is -2.38. The number of nitrogens with zero attached hydrogens (tertiary/aromatic N) is 3.